The summed E-state index contributed by atoms with van der Waals surface area (Å²) in [5, 5.41) is 14.7. The zero-order chi connectivity index (χ0) is 10.7. The van der Waals surface area contributed by atoms with E-state index in [9.17, 15) is 0 Å². The van der Waals surface area contributed by atoms with Crippen LogP contribution in [0.5, 0.6) is 0 Å². The quantitative estimate of drug-likeness (QED) is 0.667. The molecule has 1 saturated carbocycles. The minimum atomic E-state index is 0.0892. The second-order valence-electron chi connectivity index (χ2n) is 3.68. The summed E-state index contributed by atoms with van der Waals surface area (Å²) in [6.07, 6.45) is 2.44. The maximum absolute atomic E-state index is 8.71. The normalized spacial score (nSPS) is 15.1. The number of aromatic nitrogens is 2. The summed E-state index contributed by atoms with van der Waals surface area (Å²) in [4.78, 5) is 8.66. The van der Waals surface area contributed by atoms with E-state index in [0.29, 0.717) is 18.4 Å². The third-order valence-electron chi connectivity index (χ3n) is 2.39. The first kappa shape index (κ1) is 10.2. The van der Waals surface area contributed by atoms with Gasteiger partial charge in [-0.1, -0.05) is 0 Å². The third kappa shape index (κ3) is 2.56. The first-order valence-corrected chi connectivity index (χ1v) is 5.25. The minimum absolute atomic E-state index is 0.0892. The molecular formula is C10H16N4O. The van der Waals surface area contributed by atoms with Gasteiger partial charge in [0.25, 0.3) is 0 Å². The molecule has 3 N–H and O–H groups in total. The van der Waals surface area contributed by atoms with Gasteiger partial charge in [0.15, 0.2) is 0 Å². The topological polar surface area (TPSA) is 70.1 Å². The molecule has 2 rings (SSSR count). The van der Waals surface area contributed by atoms with Crippen molar-refractivity contribution in [1.82, 2.24) is 9.97 Å². The first-order chi connectivity index (χ1) is 7.33. The van der Waals surface area contributed by atoms with E-state index in [1.54, 1.807) is 0 Å². The zero-order valence-corrected chi connectivity index (χ0v) is 8.82. The van der Waals surface area contributed by atoms with Crippen molar-refractivity contribution in [3.8, 4) is 0 Å². The van der Waals surface area contributed by atoms with E-state index < -0.39 is 0 Å². The molecule has 0 saturated heterocycles. The van der Waals surface area contributed by atoms with Crippen LogP contribution >= 0.6 is 0 Å². The molecule has 0 radical (unpaired) electrons. The molecule has 1 aromatic rings. The van der Waals surface area contributed by atoms with E-state index >= 15 is 0 Å². The van der Waals surface area contributed by atoms with Crippen LogP contribution in [0.1, 0.15) is 24.5 Å². The monoisotopic (exact) mass is 208 g/mol. The van der Waals surface area contributed by atoms with Crippen molar-refractivity contribution < 1.29 is 5.11 Å². The molecule has 0 aliphatic heterocycles. The van der Waals surface area contributed by atoms with E-state index in [1.165, 1.54) is 12.8 Å². The second kappa shape index (κ2) is 4.44. The van der Waals surface area contributed by atoms with Crippen LogP contribution in [0, 0.1) is 0 Å². The molecule has 0 amide bonds. The predicted molar refractivity (Wildman–Crippen MR) is 59.1 cm³/mol. The maximum atomic E-state index is 8.71. The molecule has 0 spiro atoms. The summed E-state index contributed by atoms with van der Waals surface area (Å²) in [6.45, 7) is 0.573. The van der Waals surface area contributed by atoms with Crippen LogP contribution in [0.2, 0.25) is 0 Å². The number of rotatable bonds is 5. The highest BCUT2D eigenvalue weighted by Crippen LogP contribution is 2.39. The van der Waals surface area contributed by atoms with Gasteiger partial charge in [0.05, 0.1) is 12.3 Å². The Bertz CT molecular complexity index is 338. The van der Waals surface area contributed by atoms with E-state index in [-0.39, 0.29) is 6.61 Å². The van der Waals surface area contributed by atoms with E-state index in [0.717, 1.165) is 11.5 Å². The van der Waals surface area contributed by atoms with Crippen molar-refractivity contribution in [2.75, 3.05) is 30.8 Å². The van der Waals surface area contributed by atoms with Crippen LogP contribution in [-0.4, -0.2) is 35.3 Å². The Morgan fingerprint density at radius 1 is 1.47 bits per heavy atom. The summed E-state index contributed by atoms with van der Waals surface area (Å²) >= 11 is 0. The number of nitrogens with zero attached hydrogens (tertiary/aromatic N) is 2. The Hall–Kier alpha value is -1.36. The van der Waals surface area contributed by atoms with E-state index in [2.05, 4.69) is 20.6 Å². The number of hydrogen-bond donors (Lipinski definition) is 3. The van der Waals surface area contributed by atoms with Crippen LogP contribution < -0.4 is 10.6 Å². The third-order valence-corrected chi connectivity index (χ3v) is 2.39. The first-order valence-electron chi connectivity index (χ1n) is 5.25. The number of anilines is 2. The van der Waals surface area contributed by atoms with Gasteiger partial charge in [-0.2, -0.15) is 4.98 Å². The van der Waals surface area contributed by atoms with Crippen molar-refractivity contribution in [3.63, 3.8) is 0 Å². The van der Waals surface area contributed by atoms with E-state index in [4.69, 9.17) is 5.11 Å². The predicted octanol–water partition coefficient (Wildman–Crippen LogP) is 0.800. The van der Waals surface area contributed by atoms with Gasteiger partial charge in [-0.05, 0) is 12.8 Å². The zero-order valence-electron chi connectivity index (χ0n) is 8.82. The van der Waals surface area contributed by atoms with Crippen molar-refractivity contribution >= 4 is 11.8 Å². The molecule has 1 aliphatic carbocycles. The Morgan fingerprint density at radius 2 is 2.27 bits per heavy atom. The van der Waals surface area contributed by atoms with Gasteiger partial charge in [-0.25, -0.2) is 4.98 Å². The molecular weight excluding hydrogens is 192 g/mol. The standard InChI is InChI=1S/C10H16N4O/c1-11-9-6-8(7-2-3-7)13-10(14-9)12-4-5-15/h6-7,15H,2-5H2,1H3,(H2,11,12,13,14). The van der Waals surface area contributed by atoms with E-state index in [1.807, 2.05) is 13.1 Å². The van der Waals surface area contributed by atoms with Crippen LogP contribution in [-0.2, 0) is 0 Å². The van der Waals surface area contributed by atoms with Crippen LogP contribution in [0.4, 0.5) is 11.8 Å². The Kier molecular flexibility index (Phi) is 3.01. The molecule has 5 nitrogen and oxygen atoms in total. The molecule has 0 bridgehead atoms. The smallest absolute Gasteiger partial charge is 0.224 e. The minimum Gasteiger partial charge on any atom is -0.395 e. The molecule has 5 heteroatoms. The Morgan fingerprint density at radius 3 is 2.87 bits per heavy atom. The van der Waals surface area contributed by atoms with Gasteiger partial charge in [0.2, 0.25) is 5.95 Å². The fraction of sp³-hybridized carbons (Fsp3) is 0.600. The fourth-order valence-corrected chi connectivity index (χ4v) is 1.43. The highest BCUT2D eigenvalue weighted by molar-refractivity contribution is 5.43. The van der Waals surface area contributed by atoms with Gasteiger partial charge in [0.1, 0.15) is 5.82 Å². The summed E-state index contributed by atoms with van der Waals surface area (Å²) in [5.74, 6) is 2.03. The van der Waals surface area contributed by atoms with Crippen molar-refractivity contribution in [1.29, 1.82) is 0 Å². The lowest BCUT2D eigenvalue weighted by molar-refractivity contribution is 0.311. The van der Waals surface area contributed by atoms with Crippen LogP contribution in [0.25, 0.3) is 0 Å². The largest absolute Gasteiger partial charge is 0.395 e. The summed E-state index contributed by atoms with van der Waals surface area (Å²) in [6, 6.07) is 1.99. The highest BCUT2D eigenvalue weighted by Gasteiger charge is 2.26. The molecule has 82 valence electrons. The molecule has 15 heavy (non-hydrogen) atoms. The van der Waals surface area contributed by atoms with Crippen molar-refractivity contribution in [2.24, 2.45) is 0 Å². The molecule has 0 aromatic carbocycles. The summed E-state index contributed by atoms with van der Waals surface area (Å²) in [7, 11) is 1.84. The molecule has 0 atom stereocenters. The summed E-state index contributed by atoms with van der Waals surface area (Å²) < 4.78 is 0. The molecule has 0 unspecified atom stereocenters. The lowest BCUT2D eigenvalue weighted by Crippen LogP contribution is -2.10. The lowest BCUT2D eigenvalue weighted by atomic mass is 10.3. The summed E-state index contributed by atoms with van der Waals surface area (Å²) in [5.41, 5.74) is 1.09. The van der Waals surface area contributed by atoms with Crippen molar-refractivity contribution in [3.05, 3.63) is 11.8 Å². The molecule has 1 heterocycles. The Labute approximate surface area is 88.9 Å². The molecule has 1 fully saturated rings. The average molecular weight is 208 g/mol. The van der Waals surface area contributed by atoms with Crippen LogP contribution in [0.3, 0.4) is 0 Å². The maximum Gasteiger partial charge on any atom is 0.224 e. The van der Waals surface area contributed by atoms with Crippen molar-refractivity contribution in [2.45, 2.75) is 18.8 Å². The van der Waals surface area contributed by atoms with Crippen LogP contribution in [0.15, 0.2) is 6.07 Å². The number of aliphatic hydroxyl groups is 1. The second-order valence-corrected chi connectivity index (χ2v) is 3.68. The van der Waals surface area contributed by atoms with Gasteiger partial charge < -0.3 is 15.7 Å². The Balaban J connectivity index is 2.16. The SMILES string of the molecule is CNc1cc(C2CC2)nc(NCCO)n1. The number of aliphatic hydroxyl groups excluding tert-OH is 1. The molecule has 1 aromatic heterocycles. The lowest BCUT2D eigenvalue weighted by Gasteiger charge is -2.07. The number of hydrogen-bond acceptors (Lipinski definition) is 5. The van der Waals surface area contributed by atoms with Gasteiger partial charge in [0, 0.05) is 25.6 Å². The average Bonchev–Trinajstić information content (AvgIpc) is 3.09. The number of nitrogens with one attached hydrogen (secondary N) is 2. The van der Waals surface area contributed by atoms with Gasteiger partial charge in [-0.15, -0.1) is 0 Å². The fourth-order valence-electron chi connectivity index (χ4n) is 1.43. The van der Waals surface area contributed by atoms with Gasteiger partial charge >= 0.3 is 0 Å². The van der Waals surface area contributed by atoms with Gasteiger partial charge in [-0.3, -0.25) is 0 Å². The molecule has 1 aliphatic rings. The highest BCUT2D eigenvalue weighted by atomic mass is 16.3.